The Balaban J connectivity index is 2.29. The molecule has 0 aliphatic carbocycles. The molecule has 0 saturated heterocycles. The third kappa shape index (κ3) is 3.61. The second kappa shape index (κ2) is 6.90. The molecular formula is C16H16N6. The average molecular weight is 292 g/mol. The average Bonchev–Trinajstić information content (AvgIpc) is 2.90. The number of aromatic nitrogens is 1. The summed E-state index contributed by atoms with van der Waals surface area (Å²) in [6, 6.07) is 10.2. The van der Waals surface area contributed by atoms with Gasteiger partial charge in [0.2, 0.25) is 5.96 Å². The minimum atomic E-state index is -0.104. The summed E-state index contributed by atoms with van der Waals surface area (Å²) in [6.07, 6.45) is 8.59. The maximum atomic E-state index is 9.24. The van der Waals surface area contributed by atoms with Gasteiger partial charge in [0.1, 0.15) is 6.07 Å². The van der Waals surface area contributed by atoms with Crippen molar-refractivity contribution in [1.29, 1.82) is 5.26 Å². The van der Waals surface area contributed by atoms with E-state index in [2.05, 4.69) is 16.3 Å². The summed E-state index contributed by atoms with van der Waals surface area (Å²) >= 11 is 0. The maximum Gasteiger partial charge on any atom is 0.211 e. The first-order chi connectivity index (χ1) is 10.6. The van der Waals surface area contributed by atoms with Gasteiger partial charge in [-0.1, -0.05) is 24.3 Å². The van der Waals surface area contributed by atoms with Crippen molar-refractivity contribution in [1.82, 2.24) is 4.57 Å². The lowest BCUT2D eigenvalue weighted by atomic mass is 10.2. The van der Waals surface area contributed by atoms with E-state index in [-0.39, 0.29) is 5.96 Å². The van der Waals surface area contributed by atoms with Crippen LogP contribution in [0, 0.1) is 18.3 Å². The molecule has 0 radical (unpaired) electrons. The summed E-state index contributed by atoms with van der Waals surface area (Å²) in [5.74, 6) is -0.104. The van der Waals surface area contributed by atoms with E-state index in [0.29, 0.717) is 5.56 Å². The lowest BCUT2D eigenvalue weighted by Gasteiger charge is -2.05. The highest BCUT2D eigenvalue weighted by molar-refractivity contribution is 5.81. The van der Waals surface area contributed by atoms with Crippen molar-refractivity contribution in [2.45, 2.75) is 6.92 Å². The van der Waals surface area contributed by atoms with E-state index >= 15 is 0 Å². The molecule has 0 aliphatic heterocycles. The highest BCUT2D eigenvalue weighted by atomic mass is 15.3. The zero-order valence-electron chi connectivity index (χ0n) is 12.1. The molecule has 22 heavy (non-hydrogen) atoms. The monoisotopic (exact) mass is 292 g/mol. The Labute approximate surface area is 128 Å². The zero-order valence-corrected chi connectivity index (χ0v) is 12.1. The predicted octanol–water partition coefficient (Wildman–Crippen LogP) is 1.93. The molecule has 1 aromatic carbocycles. The van der Waals surface area contributed by atoms with Crippen molar-refractivity contribution >= 4 is 18.3 Å². The van der Waals surface area contributed by atoms with Crippen LogP contribution in [0.5, 0.6) is 0 Å². The number of guanidine groups is 1. The van der Waals surface area contributed by atoms with Gasteiger partial charge in [-0.2, -0.15) is 10.4 Å². The maximum absolute atomic E-state index is 9.24. The van der Waals surface area contributed by atoms with Crippen LogP contribution < -0.4 is 11.5 Å². The molecule has 0 aliphatic rings. The van der Waals surface area contributed by atoms with Crippen molar-refractivity contribution in [2.24, 2.45) is 21.7 Å². The van der Waals surface area contributed by atoms with Crippen LogP contribution in [0.1, 0.15) is 16.7 Å². The van der Waals surface area contributed by atoms with Crippen LogP contribution in [0.2, 0.25) is 0 Å². The fourth-order valence-corrected chi connectivity index (χ4v) is 1.97. The van der Waals surface area contributed by atoms with Crippen molar-refractivity contribution in [3.63, 3.8) is 0 Å². The summed E-state index contributed by atoms with van der Waals surface area (Å²) in [5.41, 5.74) is 13.9. The van der Waals surface area contributed by atoms with Gasteiger partial charge in [-0.05, 0) is 24.6 Å². The molecule has 0 bridgehead atoms. The summed E-state index contributed by atoms with van der Waals surface area (Å²) in [4.78, 5) is 0. The second-order valence-corrected chi connectivity index (χ2v) is 4.58. The number of hydrogen-bond acceptors (Lipinski definition) is 3. The summed E-state index contributed by atoms with van der Waals surface area (Å²) in [6.45, 7) is 2.03. The molecular weight excluding hydrogens is 276 g/mol. The number of hydrogen-bond donors (Lipinski definition) is 2. The van der Waals surface area contributed by atoms with E-state index in [4.69, 9.17) is 11.5 Å². The van der Waals surface area contributed by atoms with Crippen LogP contribution in [0.25, 0.3) is 11.8 Å². The number of rotatable bonds is 4. The largest absolute Gasteiger partial charge is 0.369 e. The fraction of sp³-hybridized carbons (Fsp3) is 0.0625. The Hall–Kier alpha value is -3.33. The topological polar surface area (TPSA) is 105 Å². The van der Waals surface area contributed by atoms with Gasteiger partial charge in [0.05, 0.1) is 5.56 Å². The van der Waals surface area contributed by atoms with Crippen LogP contribution in [-0.2, 0) is 0 Å². The molecule has 6 heteroatoms. The smallest absolute Gasteiger partial charge is 0.211 e. The van der Waals surface area contributed by atoms with Gasteiger partial charge in [-0.3, -0.25) is 0 Å². The first-order valence-corrected chi connectivity index (χ1v) is 6.58. The number of nitrogens with two attached hydrogens (primary N) is 2. The molecule has 0 spiro atoms. The van der Waals surface area contributed by atoms with E-state index in [1.54, 1.807) is 18.3 Å². The Morgan fingerprint density at radius 3 is 2.73 bits per heavy atom. The van der Waals surface area contributed by atoms with E-state index in [0.717, 1.165) is 16.8 Å². The Kier molecular flexibility index (Phi) is 4.73. The second-order valence-electron chi connectivity index (χ2n) is 4.58. The van der Waals surface area contributed by atoms with E-state index in [1.165, 1.54) is 6.21 Å². The molecule has 1 aromatic heterocycles. The molecule has 2 aromatic rings. The normalized spacial score (nSPS) is 10.9. The molecule has 0 amide bonds. The fourth-order valence-electron chi connectivity index (χ4n) is 1.97. The molecule has 1 heterocycles. The number of para-hydroxylation sites is 1. The van der Waals surface area contributed by atoms with Gasteiger partial charge >= 0.3 is 0 Å². The molecule has 0 unspecified atom stereocenters. The quantitative estimate of drug-likeness (QED) is 0.511. The molecule has 0 saturated carbocycles. The summed E-state index contributed by atoms with van der Waals surface area (Å²) in [7, 11) is 0. The highest BCUT2D eigenvalue weighted by Crippen LogP contribution is 2.19. The zero-order chi connectivity index (χ0) is 15.9. The standard InChI is InChI=1S/C16H16N6/c1-12-5-2-3-7-15(12)22-10-13(14(9-17)11-22)6-4-8-20-21-16(18)19/h2-8,10-11H,1H3,(H4,18,19,21)/b6-4+,20-8+. The number of aryl methyl sites for hydroxylation is 1. The molecule has 2 rings (SSSR count). The number of benzene rings is 1. The van der Waals surface area contributed by atoms with Crippen LogP contribution in [0.15, 0.2) is 52.9 Å². The van der Waals surface area contributed by atoms with E-state index in [1.807, 2.05) is 42.0 Å². The van der Waals surface area contributed by atoms with Gasteiger partial charge in [0, 0.05) is 29.9 Å². The number of nitrogens with zero attached hydrogens (tertiary/aromatic N) is 4. The molecule has 4 N–H and O–H groups in total. The highest BCUT2D eigenvalue weighted by Gasteiger charge is 2.06. The first-order valence-electron chi connectivity index (χ1n) is 6.58. The third-order valence-corrected chi connectivity index (χ3v) is 2.97. The van der Waals surface area contributed by atoms with Crippen molar-refractivity contribution in [2.75, 3.05) is 0 Å². The van der Waals surface area contributed by atoms with Crippen LogP contribution in [0.4, 0.5) is 0 Å². The van der Waals surface area contributed by atoms with Crippen molar-refractivity contribution in [3.05, 3.63) is 59.4 Å². The number of allylic oxidation sites excluding steroid dienone is 1. The summed E-state index contributed by atoms with van der Waals surface area (Å²) in [5, 5.41) is 16.4. The molecule has 6 nitrogen and oxygen atoms in total. The van der Waals surface area contributed by atoms with Gasteiger partial charge in [-0.15, -0.1) is 5.10 Å². The van der Waals surface area contributed by atoms with Crippen LogP contribution in [0.3, 0.4) is 0 Å². The minimum Gasteiger partial charge on any atom is -0.369 e. The third-order valence-electron chi connectivity index (χ3n) is 2.97. The van der Waals surface area contributed by atoms with Crippen LogP contribution >= 0.6 is 0 Å². The first kappa shape index (κ1) is 15.1. The number of nitriles is 1. The Morgan fingerprint density at radius 1 is 1.27 bits per heavy atom. The lowest BCUT2D eigenvalue weighted by Crippen LogP contribution is -2.21. The molecule has 0 atom stereocenters. The summed E-state index contributed by atoms with van der Waals surface area (Å²) < 4.78 is 1.93. The minimum absolute atomic E-state index is 0.104. The van der Waals surface area contributed by atoms with E-state index in [9.17, 15) is 5.26 Å². The van der Waals surface area contributed by atoms with Gasteiger partial charge < -0.3 is 16.0 Å². The van der Waals surface area contributed by atoms with E-state index < -0.39 is 0 Å². The molecule has 0 fully saturated rings. The van der Waals surface area contributed by atoms with Crippen molar-refractivity contribution < 1.29 is 0 Å². The lowest BCUT2D eigenvalue weighted by molar-refractivity contribution is 1.06. The van der Waals surface area contributed by atoms with Crippen molar-refractivity contribution in [3.8, 4) is 11.8 Å². The SMILES string of the molecule is Cc1ccccc1-n1cc(C#N)c(/C=C/C=N/N=C(N)N)c1. The molecule has 110 valence electrons. The van der Waals surface area contributed by atoms with Gasteiger partial charge in [0.15, 0.2) is 0 Å². The predicted molar refractivity (Wildman–Crippen MR) is 88.6 cm³/mol. The Bertz CT molecular complexity index is 785. The van der Waals surface area contributed by atoms with Gasteiger partial charge in [-0.25, -0.2) is 0 Å². The van der Waals surface area contributed by atoms with Crippen LogP contribution in [-0.4, -0.2) is 16.7 Å². The van der Waals surface area contributed by atoms with Gasteiger partial charge in [0.25, 0.3) is 0 Å². The Morgan fingerprint density at radius 2 is 2.05 bits per heavy atom.